The Labute approximate surface area is 172 Å². The van der Waals surface area contributed by atoms with Crippen LogP contribution in [0.2, 0.25) is 0 Å². The number of aromatic carboxylic acids is 1. The molecule has 2 aromatic rings. The molecular formula is C21H23NO6S. The van der Waals surface area contributed by atoms with E-state index in [-0.39, 0.29) is 11.3 Å². The number of hydroxylamine groups is 1. The number of aliphatic carboxylic acids is 1. The van der Waals surface area contributed by atoms with E-state index >= 15 is 0 Å². The van der Waals surface area contributed by atoms with E-state index in [4.69, 9.17) is 10.3 Å². The molecule has 0 heterocycles. The largest absolute Gasteiger partial charge is 0.481 e. The van der Waals surface area contributed by atoms with E-state index in [9.17, 15) is 19.5 Å². The molecular weight excluding hydrogens is 394 g/mol. The van der Waals surface area contributed by atoms with Gasteiger partial charge in [0.15, 0.2) is 0 Å². The Morgan fingerprint density at radius 3 is 2.34 bits per heavy atom. The molecule has 0 saturated heterocycles. The van der Waals surface area contributed by atoms with Crippen LogP contribution in [0, 0.1) is 5.92 Å². The minimum absolute atomic E-state index is 0.131. The average Bonchev–Trinajstić information content (AvgIpc) is 2.72. The Morgan fingerprint density at radius 1 is 1.00 bits per heavy atom. The van der Waals surface area contributed by atoms with Crippen molar-refractivity contribution in [2.75, 3.05) is 11.5 Å². The lowest BCUT2D eigenvalue weighted by molar-refractivity contribution is -0.142. The maximum absolute atomic E-state index is 11.6. The Kier molecular flexibility index (Phi) is 8.69. The molecule has 1 amide bonds. The normalized spacial score (nSPS) is 11.6. The van der Waals surface area contributed by atoms with Gasteiger partial charge in [0.1, 0.15) is 0 Å². The third-order valence-corrected chi connectivity index (χ3v) is 5.44. The number of hydrogen-bond acceptors (Lipinski definition) is 5. The maximum atomic E-state index is 11.6. The molecule has 0 aromatic heterocycles. The van der Waals surface area contributed by atoms with Crippen LogP contribution in [0.25, 0.3) is 11.1 Å². The number of carbonyl (C=O) groups excluding carboxylic acids is 1. The van der Waals surface area contributed by atoms with Gasteiger partial charge in [0, 0.05) is 0 Å². The quantitative estimate of drug-likeness (QED) is 0.251. The van der Waals surface area contributed by atoms with Gasteiger partial charge in [-0.1, -0.05) is 36.4 Å². The smallest absolute Gasteiger partial charge is 0.335 e. The number of carboxylic acids is 2. The van der Waals surface area contributed by atoms with Crippen molar-refractivity contribution < 1.29 is 29.8 Å². The van der Waals surface area contributed by atoms with Crippen LogP contribution < -0.4 is 5.48 Å². The summed E-state index contributed by atoms with van der Waals surface area (Å²) >= 11 is 1.34. The monoisotopic (exact) mass is 417 g/mol. The molecule has 2 rings (SSSR count). The Bertz CT molecular complexity index is 870. The number of carboxylic acid groups (broad SMARTS) is 2. The van der Waals surface area contributed by atoms with Crippen molar-refractivity contribution in [1.82, 2.24) is 5.48 Å². The number of amides is 1. The molecule has 2 aromatic carbocycles. The molecule has 0 saturated carbocycles. The van der Waals surface area contributed by atoms with Gasteiger partial charge < -0.3 is 10.2 Å². The molecule has 0 bridgehead atoms. The summed E-state index contributed by atoms with van der Waals surface area (Å²) in [6, 6.07) is 14.1. The third kappa shape index (κ3) is 7.24. The molecule has 1 atom stereocenters. The van der Waals surface area contributed by atoms with Crippen molar-refractivity contribution in [3.63, 3.8) is 0 Å². The van der Waals surface area contributed by atoms with Crippen LogP contribution in [0.15, 0.2) is 48.5 Å². The predicted octanol–water partition coefficient (Wildman–Crippen LogP) is 3.31. The zero-order valence-corrected chi connectivity index (χ0v) is 16.5. The number of benzene rings is 2. The van der Waals surface area contributed by atoms with Gasteiger partial charge >= 0.3 is 11.9 Å². The van der Waals surface area contributed by atoms with E-state index in [1.165, 1.54) is 17.8 Å². The summed E-state index contributed by atoms with van der Waals surface area (Å²) < 4.78 is 0. The first-order valence-corrected chi connectivity index (χ1v) is 10.2. The molecule has 0 aliphatic carbocycles. The van der Waals surface area contributed by atoms with Gasteiger partial charge in [-0.15, -0.1) is 0 Å². The van der Waals surface area contributed by atoms with Crippen molar-refractivity contribution in [3.05, 3.63) is 59.7 Å². The van der Waals surface area contributed by atoms with E-state index in [0.29, 0.717) is 25.0 Å². The van der Waals surface area contributed by atoms with Crippen LogP contribution in [0.1, 0.15) is 28.8 Å². The van der Waals surface area contributed by atoms with Gasteiger partial charge in [-0.3, -0.25) is 14.8 Å². The zero-order chi connectivity index (χ0) is 21.2. The molecule has 1 unspecified atom stereocenters. The first-order valence-electron chi connectivity index (χ1n) is 9.07. The first kappa shape index (κ1) is 22.4. The molecule has 0 aliphatic rings. The van der Waals surface area contributed by atoms with Gasteiger partial charge in [0.05, 0.1) is 17.2 Å². The van der Waals surface area contributed by atoms with Crippen LogP contribution in [0.4, 0.5) is 0 Å². The Hall–Kier alpha value is -2.84. The van der Waals surface area contributed by atoms with Crippen molar-refractivity contribution in [1.29, 1.82) is 0 Å². The fourth-order valence-electron chi connectivity index (χ4n) is 2.94. The minimum atomic E-state index is -0.997. The number of carbonyl (C=O) groups is 3. The van der Waals surface area contributed by atoms with Crippen molar-refractivity contribution in [2.24, 2.45) is 5.92 Å². The number of hydrogen-bond donors (Lipinski definition) is 4. The molecule has 154 valence electrons. The van der Waals surface area contributed by atoms with E-state index in [1.807, 2.05) is 30.3 Å². The van der Waals surface area contributed by atoms with Crippen LogP contribution in [-0.4, -0.2) is 44.8 Å². The third-order valence-electron chi connectivity index (χ3n) is 4.40. The van der Waals surface area contributed by atoms with E-state index < -0.39 is 23.8 Å². The molecule has 0 spiro atoms. The lowest BCUT2D eigenvalue weighted by atomic mass is 9.93. The maximum Gasteiger partial charge on any atom is 0.335 e. The predicted molar refractivity (Wildman–Crippen MR) is 110 cm³/mol. The molecule has 8 heteroatoms. The molecule has 0 radical (unpaired) electrons. The number of nitrogens with one attached hydrogen (secondary N) is 1. The van der Waals surface area contributed by atoms with E-state index in [1.54, 1.807) is 17.6 Å². The summed E-state index contributed by atoms with van der Waals surface area (Å²) in [7, 11) is 0. The number of thioether (sulfide) groups is 1. The second kappa shape index (κ2) is 11.2. The van der Waals surface area contributed by atoms with Gasteiger partial charge in [-0.2, -0.15) is 11.8 Å². The number of rotatable bonds is 11. The summed E-state index contributed by atoms with van der Waals surface area (Å²) in [6.07, 6.45) is 1.48. The highest BCUT2D eigenvalue weighted by molar-refractivity contribution is 7.99. The molecule has 4 N–H and O–H groups in total. The Balaban J connectivity index is 2.01. The van der Waals surface area contributed by atoms with Crippen LogP contribution in [0.5, 0.6) is 0 Å². The van der Waals surface area contributed by atoms with Crippen LogP contribution in [-0.2, 0) is 16.0 Å². The highest BCUT2D eigenvalue weighted by Gasteiger charge is 2.18. The summed E-state index contributed by atoms with van der Waals surface area (Å²) in [5.74, 6) is -2.15. The standard InChI is InChI=1S/C21H23NO6S/c23-19(22-28)13-29-9-3-8-17(20(24)25)11-14-4-1-5-15(10-14)16-6-2-7-18(12-16)21(26)27/h1-2,4-7,10,12,17,28H,3,8-9,11,13H2,(H,22,23)(H,24,25)(H,26,27). The molecule has 29 heavy (non-hydrogen) atoms. The molecule has 7 nitrogen and oxygen atoms in total. The highest BCUT2D eigenvalue weighted by Crippen LogP contribution is 2.24. The fourth-order valence-corrected chi connectivity index (χ4v) is 3.70. The topological polar surface area (TPSA) is 124 Å². The second-order valence-electron chi connectivity index (χ2n) is 6.56. The fraction of sp³-hybridized carbons (Fsp3) is 0.286. The first-order chi connectivity index (χ1) is 13.9. The van der Waals surface area contributed by atoms with Crippen molar-refractivity contribution >= 4 is 29.6 Å². The molecule has 0 aliphatic heterocycles. The average molecular weight is 417 g/mol. The van der Waals surface area contributed by atoms with Gasteiger partial charge in [0.2, 0.25) is 0 Å². The summed E-state index contributed by atoms with van der Waals surface area (Å²) in [6.45, 7) is 0. The van der Waals surface area contributed by atoms with Crippen LogP contribution in [0.3, 0.4) is 0 Å². The van der Waals surface area contributed by atoms with Gasteiger partial charge in [-0.25, -0.2) is 10.3 Å². The lowest BCUT2D eigenvalue weighted by Gasteiger charge is -2.13. The summed E-state index contributed by atoms with van der Waals surface area (Å²) in [5.41, 5.74) is 4.21. The van der Waals surface area contributed by atoms with E-state index in [0.717, 1.165) is 16.7 Å². The Morgan fingerprint density at radius 2 is 1.69 bits per heavy atom. The summed E-state index contributed by atoms with van der Waals surface area (Å²) in [4.78, 5) is 33.8. The summed E-state index contributed by atoms with van der Waals surface area (Å²) in [5, 5.41) is 27.1. The van der Waals surface area contributed by atoms with Gasteiger partial charge in [0.25, 0.3) is 5.91 Å². The van der Waals surface area contributed by atoms with Gasteiger partial charge in [-0.05, 0) is 53.8 Å². The van der Waals surface area contributed by atoms with Crippen LogP contribution >= 0.6 is 11.8 Å². The van der Waals surface area contributed by atoms with E-state index in [2.05, 4.69) is 0 Å². The minimum Gasteiger partial charge on any atom is -0.481 e. The zero-order valence-electron chi connectivity index (χ0n) is 15.7. The molecule has 0 fully saturated rings. The second-order valence-corrected chi connectivity index (χ2v) is 7.66. The van der Waals surface area contributed by atoms with Crippen molar-refractivity contribution in [2.45, 2.75) is 19.3 Å². The lowest BCUT2D eigenvalue weighted by Crippen LogP contribution is -2.21. The SMILES string of the molecule is O=C(CSCCCC(Cc1cccc(-c2cccc(C(=O)O)c2)c1)C(=O)O)NO. The van der Waals surface area contributed by atoms with Crippen molar-refractivity contribution in [3.8, 4) is 11.1 Å². The highest BCUT2D eigenvalue weighted by atomic mass is 32.2.